The first-order chi connectivity index (χ1) is 13.8. The summed E-state index contributed by atoms with van der Waals surface area (Å²) in [5, 5.41) is 19.9. The lowest BCUT2D eigenvalue weighted by molar-refractivity contribution is 0.101. The van der Waals surface area contributed by atoms with E-state index in [0.717, 1.165) is 16.1 Å². The third-order valence-electron chi connectivity index (χ3n) is 5.00. The van der Waals surface area contributed by atoms with E-state index >= 15 is 0 Å². The van der Waals surface area contributed by atoms with E-state index in [9.17, 15) is 9.90 Å². The third-order valence-corrected chi connectivity index (χ3v) is 5.99. The van der Waals surface area contributed by atoms with Crippen LogP contribution in [0.15, 0.2) is 54.3 Å². The van der Waals surface area contributed by atoms with Crippen LogP contribution in [0, 0.1) is 19.3 Å². The first-order valence-electron chi connectivity index (χ1n) is 9.29. The van der Waals surface area contributed by atoms with Crippen molar-refractivity contribution in [1.29, 1.82) is 5.41 Å². The molecule has 0 atom stereocenters. The molecule has 2 aromatic carbocycles. The Morgan fingerprint density at radius 3 is 2.59 bits per heavy atom. The van der Waals surface area contributed by atoms with E-state index in [0.29, 0.717) is 21.8 Å². The summed E-state index contributed by atoms with van der Waals surface area (Å²) in [6.07, 6.45) is 0. The van der Waals surface area contributed by atoms with Gasteiger partial charge in [0.2, 0.25) is 0 Å². The van der Waals surface area contributed by atoms with Crippen LogP contribution in [-0.4, -0.2) is 28.3 Å². The van der Waals surface area contributed by atoms with E-state index < -0.39 is 0 Å². The Hall–Kier alpha value is -3.25. The highest BCUT2D eigenvalue weighted by Gasteiger charge is 2.32. The first-order valence-corrected chi connectivity index (χ1v) is 10.1. The molecular formula is C23H21N3O2S. The number of benzene rings is 2. The lowest BCUT2D eigenvalue weighted by Gasteiger charge is -2.19. The molecule has 5 nitrogen and oxygen atoms in total. The maximum absolute atomic E-state index is 11.7. The van der Waals surface area contributed by atoms with Gasteiger partial charge in [-0.15, -0.1) is 11.3 Å². The minimum atomic E-state index is -0.0340. The number of carbonyl (C=O) groups excluding carboxylic acids is 1. The summed E-state index contributed by atoms with van der Waals surface area (Å²) in [5.41, 5.74) is 4.81. The molecule has 0 fully saturated rings. The van der Waals surface area contributed by atoms with Crippen LogP contribution in [-0.2, 0) is 0 Å². The molecule has 0 saturated heterocycles. The molecule has 4 rings (SSSR count). The monoisotopic (exact) mass is 403 g/mol. The van der Waals surface area contributed by atoms with Gasteiger partial charge in [0.05, 0.1) is 17.8 Å². The van der Waals surface area contributed by atoms with Crippen molar-refractivity contribution in [3.05, 3.63) is 75.3 Å². The molecule has 0 bridgehead atoms. The molecule has 1 aromatic heterocycles. The predicted octanol–water partition coefficient (Wildman–Crippen LogP) is 5.40. The summed E-state index contributed by atoms with van der Waals surface area (Å²) < 4.78 is 0. The number of hydrogen-bond donors (Lipinski definition) is 2. The molecule has 146 valence electrons. The van der Waals surface area contributed by atoms with Gasteiger partial charge in [0.15, 0.2) is 5.78 Å². The van der Waals surface area contributed by atoms with Crippen molar-refractivity contribution < 1.29 is 9.90 Å². The molecule has 0 aliphatic carbocycles. The van der Waals surface area contributed by atoms with E-state index in [4.69, 9.17) is 10.4 Å². The quantitative estimate of drug-likeness (QED) is 0.572. The molecule has 6 heteroatoms. The molecule has 0 unspecified atom stereocenters. The molecule has 3 aromatic rings. The van der Waals surface area contributed by atoms with Gasteiger partial charge in [-0.05, 0) is 32.9 Å². The molecule has 0 radical (unpaired) electrons. The normalized spacial score (nSPS) is 14.0. The molecule has 0 saturated carbocycles. The van der Waals surface area contributed by atoms with Crippen LogP contribution in [0.3, 0.4) is 0 Å². The van der Waals surface area contributed by atoms with E-state index in [-0.39, 0.29) is 23.9 Å². The third kappa shape index (κ3) is 3.47. The number of Topliss-reactive ketones (excluding diaryl/α,β-unsaturated/α-hetero) is 1. The number of amidine groups is 1. The zero-order chi connectivity index (χ0) is 20.7. The van der Waals surface area contributed by atoms with Gasteiger partial charge in [0.25, 0.3) is 0 Å². The molecule has 1 aliphatic heterocycles. The molecule has 0 amide bonds. The Kier molecular flexibility index (Phi) is 4.80. The van der Waals surface area contributed by atoms with Gasteiger partial charge in [0, 0.05) is 21.7 Å². The Morgan fingerprint density at radius 1 is 1.17 bits per heavy atom. The zero-order valence-corrected chi connectivity index (χ0v) is 17.3. The molecule has 1 aliphatic rings. The number of nitrogens with one attached hydrogen (secondary N) is 1. The molecular weight excluding hydrogens is 382 g/mol. The maximum Gasteiger partial charge on any atom is 0.159 e. The van der Waals surface area contributed by atoms with Gasteiger partial charge in [-0.25, -0.2) is 4.98 Å². The van der Waals surface area contributed by atoms with Gasteiger partial charge >= 0.3 is 0 Å². The SMILES string of the molecule is CC(=O)c1cccc(N2CC(O)=C(c3nc(-c4ccc(C)cc4)c(C)s3)C2=N)c1. The minimum absolute atomic E-state index is 0.0340. The fourth-order valence-electron chi connectivity index (χ4n) is 3.40. The van der Waals surface area contributed by atoms with Crippen LogP contribution in [0.1, 0.15) is 32.7 Å². The molecule has 29 heavy (non-hydrogen) atoms. The first kappa shape index (κ1) is 19.1. The van der Waals surface area contributed by atoms with E-state index in [2.05, 4.69) is 0 Å². The second-order valence-electron chi connectivity index (χ2n) is 7.15. The predicted molar refractivity (Wildman–Crippen MR) is 118 cm³/mol. The lowest BCUT2D eigenvalue weighted by atomic mass is 10.1. The summed E-state index contributed by atoms with van der Waals surface area (Å²) >= 11 is 1.47. The number of carbonyl (C=O) groups is 1. The summed E-state index contributed by atoms with van der Waals surface area (Å²) in [6, 6.07) is 15.3. The largest absolute Gasteiger partial charge is 0.510 e. The number of rotatable bonds is 4. The molecule has 0 spiro atoms. The van der Waals surface area contributed by atoms with Gasteiger partial charge in [-0.3, -0.25) is 10.2 Å². The van der Waals surface area contributed by atoms with Crippen molar-refractivity contribution in [3.8, 4) is 11.3 Å². The van der Waals surface area contributed by atoms with Crippen molar-refractivity contribution in [2.24, 2.45) is 0 Å². The number of thiazole rings is 1. The number of aliphatic hydroxyl groups excluding tert-OH is 1. The average molecular weight is 404 g/mol. The van der Waals surface area contributed by atoms with Gasteiger partial charge < -0.3 is 10.0 Å². The Bertz CT molecular complexity index is 1160. The average Bonchev–Trinajstić information content (AvgIpc) is 3.21. The number of aryl methyl sites for hydroxylation is 2. The van der Waals surface area contributed by atoms with Crippen LogP contribution in [0.4, 0.5) is 5.69 Å². The summed E-state index contributed by atoms with van der Waals surface area (Å²) in [6.45, 7) is 5.75. The number of anilines is 1. The van der Waals surface area contributed by atoms with Crippen molar-refractivity contribution in [2.75, 3.05) is 11.4 Å². The van der Waals surface area contributed by atoms with Crippen LogP contribution < -0.4 is 4.90 Å². The number of nitrogens with zero attached hydrogens (tertiary/aromatic N) is 2. The number of aromatic nitrogens is 1. The highest BCUT2D eigenvalue weighted by molar-refractivity contribution is 7.13. The Balaban J connectivity index is 1.68. The number of hydrogen-bond acceptors (Lipinski definition) is 5. The van der Waals surface area contributed by atoms with Gasteiger partial charge in [0.1, 0.15) is 16.6 Å². The second kappa shape index (κ2) is 7.29. The fourth-order valence-corrected chi connectivity index (χ4v) is 4.40. The lowest BCUT2D eigenvalue weighted by Crippen LogP contribution is -2.26. The van der Waals surface area contributed by atoms with Crippen molar-refractivity contribution in [3.63, 3.8) is 0 Å². The molecule has 2 N–H and O–H groups in total. The van der Waals surface area contributed by atoms with E-state index in [1.807, 2.05) is 44.2 Å². The smallest absolute Gasteiger partial charge is 0.159 e. The van der Waals surface area contributed by atoms with Crippen molar-refractivity contribution >= 4 is 34.2 Å². The Labute approximate surface area is 173 Å². The highest BCUT2D eigenvalue weighted by atomic mass is 32.1. The summed E-state index contributed by atoms with van der Waals surface area (Å²) in [5.74, 6) is 0.271. The van der Waals surface area contributed by atoms with Crippen LogP contribution in [0.2, 0.25) is 0 Å². The van der Waals surface area contributed by atoms with Gasteiger partial charge in [-0.1, -0.05) is 42.0 Å². The van der Waals surface area contributed by atoms with Crippen LogP contribution in [0.5, 0.6) is 0 Å². The Morgan fingerprint density at radius 2 is 1.90 bits per heavy atom. The van der Waals surface area contributed by atoms with E-state index in [1.165, 1.54) is 23.8 Å². The standard InChI is InChI=1S/C23H21N3O2S/c1-13-7-9-16(10-8-13)21-15(3)29-23(25-21)20-19(28)12-26(22(20)24)18-6-4-5-17(11-18)14(2)27/h4-11,24,28H,12H2,1-3H3. The van der Waals surface area contributed by atoms with Crippen molar-refractivity contribution in [1.82, 2.24) is 4.98 Å². The zero-order valence-electron chi connectivity index (χ0n) is 16.5. The van der Waals surface area contributed by atoms with Crippen LogP contribution >= 0.6 is 11.3 Å². The summed E-state index contributed by atoms with van der Waals surface area (Å²) in [7, 11) is 0. The molecule has 2 heterocycles. The van der Waals surface area contributed by atoms with E-state index in [1.54, 1.807) is 23.1 Å². The number of aliphatic hydroxyl groups is 1. The minimum Gasteiger partial charge on any atom is -0.510 e. The maximum atomic E-state index is 11.7. The van der Waals surface area contributed by atoms with Gasteiger partial charge in [-0.2, -0.15) is 0 Å². The van der Waals surface area contributed by atoms with Crippen LogP contribution in [0.25, 0.3) is 16.8 Å². The highest BCUT2D eigenvalue weighted by Crippen LogP contribution is 2.36. The second-order valence-corrected chi connectivity index (χ2v) is 8.36. The summed E-state index contributed by atoms with van der Waals surface area (Å²) in [4.78, 5) is 19.2. The van der Waals surface area contributed by atoms with Crippen molar-refractivity contribution in [2.45, 2.75) is 20.8 Å². The topological polar surface area (TPSA) is 77.3 Å². The number of ketones is 1. The fraction of sp³-hybridized carbons (Fsp3) is 0.174.